The zero-order valence-electron chi connectivity index (χ0n) is 11.2. The summed E-state index contributed by atoms with van der Waals surface area (Å²) in [6.45, 7) is 10.2. The lowest BCUT2D eigenvalue weighted by Crippen LogP contribution is -2.60. The lowest BCUT2D eigenvalue weighted by molar-refractivity contribution is 0.102. The molecular formula is C14H24N2O. The van der Waals surface area contributed by atoms with Crippen molar-refractivity contribution in [2.75, 3.05) is 19.6 Å². The topological polar surface area (TPSA) is 28.4 Å². The van der Waals surface area contributed by atoms with E-state index in [-0.39, 0.29) is 5.54 Å². The monoisotopic (exact) mass is 236 g/mol. The predicted molar refractivity (Wildman–Crippen MR) is 70.1 cm³/mol. The van der Waals surface area contributed by atoms with E-state index in [2.05, 4.69) is 37.1 Å². The molecule has 17 heavy (non-hydrogen) atoms. The molecule has 2 rings (SSSR count). The molecular weight excluding hydrogens is 212 g/mol. The third-order valence-corrected chi connectivity index (χ3v) is 3.98. The van der Waals surface area contributed by atoms with Crippen LogP contribution in [0.5, 0.6) is 0 Å². The molecule has 1 N–H and O–H groups in total. The fourth-order valence-electron chi connectivity index (χ4n) is 2.55. The van der Waals surface area contributed by atoms with E-state index >= 15 is 0 Å². The van der Waals surface area contributed by atoms with Crippen LogP contribution in [0.1, 0.15) is 33.0 Å². The number of hydrogen-bond donors (Lipinski definition) is 1. The van der Waals surface area contributed by atoms with Crippen LogP contribution in [0.3, 0.4) is 0 Å². The number of furan rings is 1. The minimum absolute atomic E-state index is 0.273. The van der Waals surface area contributed by atoms with Gasteiger partial charge in [-0.05, 0) is 32.4 Å². The largest absolute Gasteiger partial charge is 0.469 e. The highest BCUT2D eigenvalue weighted by atomic mass is 16.3. The van der Waals surface area contributed by atoms with Crippen molar-refractivity contribution in [3.63, 3.8) is 0 Å². The lowest BCUT2D eigenvalue weighted by Gasteiger charge is -2.43. The second-order valence-electron chi connectivity index (χ2n) is 5.44. The molecule has 0 aromatic carbocycles. The Morgan fingerprint density at radius 1 is 1.59 bits per heavy atom. The minimum Gasteiger partial charge on any atom is -0.469 e. The van der Waals surface area contributed by atoms with Crippen molar-refractivity contribution < 1.29 is 4.42 Å². The van der Waals surface area contributed by atoms with Crippen LogP contribution in [0.2, 0.25) is 0 Å². The van der Waals surface area contributed by atoms with Gasteiger partial charge in [-0.2, -0.15) is 0 Å². The van der Waals surface area contributed by atoms with Gasteiger partial charge < -0.3 is 9.73 Å². The molecule has 0 radical (unpaired) electrons. The molecule has 1 aromatic heterocycles. The van der Waals surface area contributed by atoms with Crippen molar-refractivity contribution >= 4 is 0 Å². The van der Waals surface area contributed by atoms with E-state index in [0.29, 0.717) is 6.04 Å². The SMILES string of the molecule is CCC1(C)CN(C(C)Cc2ccco2)CCN1. The average Bonchev–Trinajstić information content (AvgIpc) is 2.82. The zero-order chi connectivity index (χ0) is 12.3. The number of rotatable bonds is 4. The van der Waals surface area contributed by atoms with Crippen LogP contribution in [0, 0.1) is 0 Å². The second kappa shape index (κ2) is 5.23. The highest BCUT2D eigenvalue weighted by Gasteiger charge is 2.30. The molecule has 1 fully saturated rings. The van der Waals surface area contributed by atoms with Gasteiger partial charge in [0.1, 0.15) is 5.76 Å². The van der Waals surface area contributed by atoms with Gasteiger partial charge in [-0.15, -0.1) is 0 Å². The summed E-state index contributed by atoms with van der Waals surface area (Å²) in [7, 11) is 0. The summed E-state index contributed by atoms with van der Waals surface area (Å²) in [5.74, 6) is 1.09. The van der Waals surface area contributed by atoms with E-state index in [9.17, 15) is 0 Å². The molecule has 3 nitrogen and oxygen atoms in total. The van der Waals surface area contributed by atoms with Gasteiger partial charge in [0.15, 0.2) is 0 Å². The quantitative estimate of drug-likeness (QED) is 0.869. The van der Waals surface area contributed by atoms with E-state index in [1.54, 1.807) is 6.26 Å². The van der Waals surface area contributed by atoms with Crippen LogP contribution in [0.15, 0.2) is 22.8 Å². The van der Waals surface area contributed by atoms with Gasteiger partial charge in [-0.1, -0.05) is 6.92 Å². The van der Waals surface area contributed by atoms with Crippen molar-refractivity contribution in [1.29, 1.82) is 0 Å². The van der Waals surface area contributed by atoms with E-state index in [4.69, 9.17) is 4.42 Å². The zero-order valence-corrected chi connectivity index (χ0v) is 11.2. The Morgan fingerprint density at radius 3 is 3.06 bits per heavy atom. The van der Waals surface area contributed by atoms with Crippen LogP contribution < -0.4 is 5.32 Å². The first-order chi connectivity index (χ1) is 8.13. The van der Waals surface area contributed by atoms with Gasteiger partial charge in [0, 0.05) is 37.6 Å². The fraction of sp³-hybridized carbons (Fsp3) is 0.714. The maximum absolute atomic E-state index is 5.43. The Morgan fingerprint density at radius 2 is 2.41 bits per heavy atom. The fourth-order valence-corrected chi connectivity index (χ4v) is 2.55. The standard InChI is InChI=1S/C14H24N2O/c1-4-14(3)11-16(8-7-15-14)12(2)10-13-6-5-9-17-13/h5-6,9,12,15H,4,7-8,10-11H2,1-3H3. The molecule has 1 aromatic rings. The Balaban J connectivity index is 1.93. The number of nitrogens with one attached hydrogen (secondary N) is 1. The van der Waals surface area contributed by atoms with Gasteiger partial charge in [0.2, 0.25) is 0 Å². The molecule has 0 aliphatic carbocycles. The van der Waals surface area contributed by atoms with Crippen LogP contribution in [0.25, 0.3) is 0 Å². The molecule has 1 aliphatic heterocycles. The molecule has 96 valence electrons. The molecule has 2 unspecified atom stereocenters. The van der Waals surface area contributed by atoms with Crippen molar-refractivity contribution in [3.05, 3.63) is 24.2 Å². The van der Waals surface area contributed by atoms with Crippen LogP contribution in [-0.2, 0) is 6.42 Å². The Kier molecular flexibility index (Phi) is 3.89. The number of nitrogens with zero attached hydrogens (tertiary/aromatic N) is 1. The van der Waals surface area contributed by atoms with Gasteiger partial charge in [0.05, 0.1) is 6.26 Å². The number of hydrogen-bond acceptors (Lipinski definition) is 3. The van der Waals surface area contributed by atoms with Crippen LogP contribution in [0.4, 0.5) is 0 Å². The second-order valence-corrected chi connectivity index (χ2v) is 5.44. The third kappa shape index (κ3) is 3.11. The molecule has 3 heteroatoms. The molecule has 1 saturated heterocycles. The van der Waals surface area contributed by atoms with Gasteiger partial charge in [0.25, 0.3) is 0 Å². The third-order valence-electron chi connectivity index (χ3n) is 3.98. The Labute approximate surface area is 104 Å². The van der Waals surface area contributed by atoms with E-state index in [1.807, 2.05) is 6.07 Å². The summed E-state index contributed by atoms with van der Waals surface area (Å²) in [5, 5.41) is 3.62. The van der Waals surface area contributed by atoms with Crippen molar-refractivity contribution in [2.24, 2.45) is 0 Å². The van der Waals surface area contributed by atoms with E-state index < -0.39 is 0 Å². The summed E-state index contributed by atoms with van der Waals surface area (Å²) in [6, 6.07) is 4.59. The average molecular weight is 236 g/mol. The maximum atomic E-state index is 5.43. The first kappa shape index (κ1) is 12.7. The summed E-state index contributed by atoms with van der Waals surface area (Å²) in [6.07, 6.45) is 3.94. The first-order valence-electron chi connectivity index (χ1n) is 6.64. The van der Waals surface area contributed by atoms with Crippen LogP contribution in [-0.4, -0.2) is 36.1 Å². The molecule has 2 heterocycles. The lowest BCUT2D eigenvalue weighted by atomic mass is 9.94. The smallest absolute Gasteiger partial charge is 0.105 e. The summed E-state index contributed by atoms with van der Waals surface area (Å²) in [5.41, 5.74) is 0.273. The molecule has 0 spiro atoms. The summed E-state index contributed by atoms with van der Waals surface area (Å²) < 4.78 is 5.43. The predicted octanol–water partition coefficient (Wildman–Crippen LogP) is 2.28. The minimum atomic E-state index is 0.273. The molecule has 0 amide bonds. The molecule has 2 atom stereocenters. The maximum Gasteiger partial charge on any atom is 0.105 e. The van der Waals surface area contributed by atoms with Crippen LogP contribution >= 0.6 is 0 Å². The van der Waals surface area contributed by atoms with E-state index in [1.165, 1.54) is 6.42 Å². The molecule has 1 aliphatic rings. The molecule has 0 saturated carbocycles. The summed E-state index contributed by atoms with van der Waals surface area (Å²) >= 11 is 0. The van der Waals surface area contributed by atoms with Crippen molar-refractivity contribution in [2.45, 2.75) is 45.2 Å². The Bertz CT molecular complexity index is 336. The number of piperazine rings is 1. The van der Waals surface area contributed by atoms with Crippen molar-refractivity contribution in [1.82, 2.24) is 10.2 Å². The summed E-state index contributed by atoms with van der Waals surface area (Å²) in [4.78, 5) is 2.57. The van der Waals surface area contributed by atoms with Gasteiger partial charge >= 0.3 is 0 Å². The highest BCUT2D eigenvalue weighted by molar-refractivity contribution is 5.01. The molecule has 0 bridgehead atoms. The highest BCUT2D eigenvalue weighted by Crippen LogP contribution is 2.18. The van der Waals surface area contributed by atoms with Gasteiger partial charge in [-0.25, -0.2) is 0 Å². The van der Waals surface area contributed by atoms with Gasteiger partial charge in [-0.3, -0.25) is 4.90 Å². The normalized spacial score (nSPS) is 28.2. The first-order valence-corrected chi connectivity index (χ1v) is 6.64. The van der Waals surface area contributed by atoms with Crippen molar-refractivity contribution in [3.8, 4) is 0 Å². The Hall–Kier alpha value is -0.800. The van der Waals surface area contributed by atoms with E-state index in [0.717, 1.165) is 31.8 Å².